The van der Waals surface area contributed by atoms with Crippen LogP contribution >= 0.6 is 0 Å². The molecule has 7 heteroatoms. The fourth-order valence-corrected chi connectivity index (χ4v) is 3.43. The van der Waals surface area contributed by atoms with Gasteiger partial charge >= 0.3 is 0 Å². The molecule has 2 aromatic carbocycles. The predicted molar refractivity (Wildman–Crippen MR) is 94.5 cm³/mol. The van der Waals surface area contributed by atoms with Crippen molar-refractivity contribution in [2.24, 2.45) is 10.3 Å². The first-order valence-corrected chi connectivity index (χ1v) is 8.29. The van der Waals surface area contributed by atoms with Crippen LogP contribution < -0.4 is 9.91 Å². The molecule has 4 rings (SSSR count). The summed E-state index contributed by atoms with van der Waals surface area (Å²) in [5.74, 6) is -1.40. The number of halogens is 1. The summed E-state index contributed by atoms with van der Waals surface area (Å²) in [6, 6.07) is 8.35. The van der Waals surface area contributed by atoms with E-state index in [4.69, 9.17) is 0 Å². The minimum Gasteiger partial charge on any atom is -0.271 e. The maximum Gasteiger partial charge on any atom is 0.263 e. The number of anilines is 2. The average molecular weight is 352 g/mol. The summed E-state index contributed by atoms with van der Waals surface area (Å²) >= 11 is 0. The van der Waals surface area contributed by atoms with Crippen LogP contribution in [-0.4, -0.2) is 23.9 Å². The second-order valence-electron chi connectivity index (χ2n) is 6.73. The molecule has 0 unspecified atom stereocenters. The second-order valence-corrected chi connectivity index (χ2v) is 6.73. The van der Waals surface area contributed by atoms with Gasteiger partial charge in [-0.2, -0.15) is 5.11 Å². The van der Waals surface area contributed by atoms with Crippen molar-refractivity contribution in [1.29, 1.82) is 0 Å². The second kappa shape index (κ2) is 5.72. The van der Waals surface area contributed by atoms with Crippen LogP contribution in [0.25, 0.3) is 0 Å². The van der Waals surface area contributed by atoms with Gasteiger partial charge in [-0.15, -0.1) is 0 Å². The van der Waals surface area contributed by atoms with Gasteiger partial charge in [0.1, 0.15) is 5.82 Å². The predicted octanol–water partition coefficient (Wildman–Crippen LogP) is 3.25. The van der Waals surface area contributed by atoms with E-state index in [9.17, 15) is 14.0 Å². The Hall–Kier alpha value is -3.09. The van der Waals surface area contributed by atoms with Gasteiger partial charge in [-0.3, -0.25) is 9.59 Å². The fraction of sp³-hybridized carbons (Fsp3) is 0.263. The lowest BCUT2D eigenvalue weighted by atomic mass is 10.1. The highest BCUT2D eigenvalue weighted by Crippen LogP contribution is 2.35. The molecule has 1 fully saturated rings. The highest BCUT2D eigenvalue weighted by Gasteiger charge is 2.55. The van der Waals surface area contributed by atoms with Crippen LogP contribution in [0.5, 0.6) is 0 Å². The van der Waals surface area contributed by atoms with E-state index < -0.39 is 29.7 Å². The van der Waals surface area contributed by atoms with Crippen molar-refractivity contribution in [2.75, 3.05) is 9.91 Å². The van der Waals surface area contributed by atoms with Crippen molar-refractivity contribution >= 4 is 23.2 Å². The lowest BCUT2D eigenvalue weighted by molar-refractivity contribution is -0.121. The molecule has 0 aliphatic carbocycles. The molecule has 0 N–H and O–H groups in total. The molecule has 2 aromatic rings. The lowest BCUT2D eigenvalue weighted by Gasteiger charge is -2.21. The molecule has 0 bridgehead atoms. The number of hydrogen-bond donors (Lipinski definition) is 0. The number of imide groups is 1. The largest absolute Gasteiger partial charge is 0.271 e. The highest BCUT2D eigenvalue weighted by molar-refractivity contribution is 6.26. The molecule has 6 nitrogen and oxygen atoms in total. The van der Waals surface area contributed by atoms with Crippen molar-refractivity contribution in [3.63, 3.8) is 0 Å². The molecule has 0 aromatic heterocycles. The molecule has 2 aliphatic rings. The number of carbonyl (C=O) groups is 2. The van der Waals surface area contributed by atoms with Crippen molar-refractivity contribution in [3.8, 4) is 0 Å². The number of aryl methyl sites for hydroxylation is 3. The van der Waals surface area contributed by atoms with E-state index in [0.717, 1.165) is 16.0 Å². The number of fused-ring (bicyclic) bond motifs is 1. The van der Waals surface area contributed by atoms with Gasteiger partial charge in [0.05, 0.1) is 11.4 Å². The lowest BCUT2D eigenvalue weighted by Crippen LogP contribution is -2.40. The van der Waals surface area contributed by atoms with Crippen molar-refractivity contribution < 1.29 is 14.0 Å². The number of hydrogen-bond acceptors (Lipinski definition) is 5. The normalized spacial score (nSPS) is 21.7. The van der Waals surface area contributed by atoms with Crippen molar-refractivity contribution in [1.82, 2.24) is 0 Å². The first-order valence-electron chi connectivity index (χ1n) is 8.29. The number of nitrogens with zero attached hydrogens (tertiary/aromatic N) is 4. The molecule has 0 saturated carbocycles. The Morgan fingerprint density at radius 3 is 2.27 bits per heavy atom. The summed E-state index contributed by atoms with van der Waals surface area (Å²) in [7, 11) is 0. The highest BCUT2D eigenvalue weighted by atomic mass is 19.1. The molecule has 132 valence electrons. The van der Waals surface area contributed by atoms with Gasteiger partial charge in [0.25, 0.3) is 11.8 Å². The van der Waals surface area contributed by atoms with Gasteiger partial charge in [-0.05, 0) is 61.7 Å². The Bertz CT molecular complexity index is 952. The van der Waals surface area contributed by atoms with Crippen molar-refractivity contribution in [3.05, 3.63) is 58.9 Å². The third-order valence-electron chi connectivity index (χ3n) is 4.67. The van der Waals surface area contributed by atoms with Gasteiger partial charge in [0, 0.05) is 0 Å². The van der Waals surface area contributed by atoms with E-state index in [1.807, 2.05) is 32.0 Å². The van der Waals surface area contributed by atoms with Crippen LogP contribution in [0.2, 0.25) is 0 Å². The Labute approximate surface area is 149 Å². The van der Waals surface area contributed by atoms with Gasteiger partial charge in [-0.1, -0.05) is 17.4 Å². The monoisotopic (exact) mass is 352 g/mol. The van der Waals surface area contributed by atoms with Crippen LogP contribution in [0.3, 0.4) is 0 Å². The molecule has 2 amide bonds. The fourth-order valence-electron chi connectivity index (χ4n) is 3.43. The Morgan fingerprint density at radius 2 is 1.62 bits per heavy atom. The Kier molecular flexibility index (Phi) is 3.61. The number of benzene rings is 2. The van der Waals surface area contributed by atoms with Crippen LogP contribution in [0.15, 0.2) is 46.7 Å². The number of carbonyl (C=O) groups excluding carboxylic acids is 2. The summed E-state index contributed by atoms with van der Waals surface area (Å²) in [6.07, 6.45) is 0. The molecular formula is C19H17FN4O2. The third kappa shape index (κ3) is 2.39. The quantitative estimate of drug-likeness (QED) is 0.780. The molecule has 0 radical (unpaired) electrons. The van der Waals surface area contributed by atoms with Crippen LogP contribution in [-0.2, 0) is 9.59 Å². The zero-order valence-corrected chi connectivity index (χ0v) is 14.6. The maximum atomic E-state index is 13.9. The topological polar surface area (TPSA) is 65.3 Å². The standard InChI is InChI=1S/C19H17FN4O2/c1-10-6-11(2)8-14(7-10)24-17-16(21-22-24)18(25)23(19(17)26)13-5-4-12(3)15(20)9-13/h4-9,16-17H,1-3H3/t16-,17+/m0/s1. The van der Waals surface area contributed by atoms with E-state index in [0.29, 0.717) is 11.3 Å². The molecule has 26 heavy (non-hydrogen) atoms. The third-order valence-corrected chi connectivity index (χ3v) is 4.67. The van der Waals surface area contributed by atoms with E-state index >= 15 is 0 Å². The minimum atomic E-state index is -0.910. The Balaban J connectivity index is 1.72. The molecular weight excluding hydrogens is 335 g/mol. The van der Waals surface area contributed by atoms with Crippen LogP contribution in [0.4, 0.5) is 15.8 Å². The zero-order valence-electron chi connectivity index (χ0n) is 14.6. The van der Waals surface area contributed by atoms with Gasteiger partial charge in [0.15, 0.2) is 12.1 Å². The molecule has 2 atom stereocenters. The van der Waals surface area contributed by atoms with E-state index in [-0.39, 0.29) is 5.69 Å². The minimum absolute atomic E-state index is 0.216. The summed E-state index contributed by atoms with van der Waals surface area (Å²) < 4.78 is 13.9. The molecule has 2 aliphatic heterocycles. The first-order chi connectivity index (χ1) is 12.4. The molecule has 1 saturated heterocycles. The first kappa shape index (κ1) is 16.4. The van der Waals surface area contributed by atoms with E-state index in [2.05, 4.69) is 10.3 Å². The number of rotatable bonds is 2. The van der Waals surface area contributed by atoms with Gasteiger partial charge < -0.3 is 0 Å². The van der Waals surface area contributed by atoms with E-state index in [1.165, 1.54) is 11.1 Å². The average Bonchev–Trinajstić information content (AvgIpc) is 3.11. The van der Waals surface area contributed by atoms with Gasteiger partial charge in [-0.25, -0.2) is 14.3 Å². The van der Waals surface area contributed by atoms with Crippen molar-refractivity contribution in [2.45, 2.75) is 32.9 Å². The SMILES string of the molecule is Cc1cc(C)cc(N2N=N[C@@H]3C(=O)N(c4ccc(C)c(F)c4)C(=O)[C@@H]32)c1. The summed E-state index contributed by atoms with van der Waals surface area (Å²) in [6.45, 7) is 5.52. The zero-order chi connectivity index (χ0) is 18.6. The molecule has 2 heterocycles. The molecule has 0 spiro atoms. The number of amides is 2. The maximum absolute atomic E-state index is 13.9. The summed E-state index contributed by atoms with van der Waals surface area (Å²) in [5, 5.41) is 9.54. The van der Waals surface area contributed by atoms with Crippen LogP contribution in [0, 0.1) is 26.6 Å². The van der Waals surface area contributed by atoms with Crippen LogP contribution in [0.1, 0.15) is 16.7 Å². The summed E-state index contributed by atoms with van der Waals surface area (Å²) in [5.41, 5.74) is 3.41. The smallest absolute Gasteiger partial charge is 0.263 e. The van der Waals surface area contributed by atoms with E-state index in [1.54, 1.807) is 19.1 Å². The summed E-state index contributed by atoms with van der Waals surface area (Å²) in [4.78, 5) is 26.7. The van der Waals surface area contributed by atoms with Gasteiger partial charge in [0.2, 0.25) is 0 Å². The Morgan fingerprint density at radius 1 is 0.923 bits per heavy atom.